The van der Waals surface area contributed by atoms with E-state index in [0.717, 1.165) is 45.3 Å². The third-order valence-electron chi connectivity index (χ3n) is 5.18. The molecule has 146 valence electrons. The van der Waals surface area contributed by atoms with Crippen molar-refractivity contribution in [1.29, 1.82) is 0 Å². The first-order valence-electron chi connectivity index (χ1n) is 9.60. The Bertz CT molecular complexity index is 578. The monoisotopic (exact) mass is 380 g/mol. The van der Waals surface area contributed by atoms with Gasteiger partial charge < -0.3 is 19.7 Å². The molecule has 7 heteroatoms. The molecule has 26 heavy (non-hydrogen) atoms. The van der Waals surface area contributed by atoms with Crippen LogP contribution in [0.5, 0.6) is 0 Å². The Balaban J connectivity index is 1.35. The Morgan fingerprint density at radius 3 is 3.15 bits per heavy atom. The number of hydrogen-bond donors (Lipinski definition) is 1. The van der Waals surface area contributed by atoms with Crippen molar-refractivity contribution in [3.63, 3.8) is 0 Å². The van der Waals surface area contributed by atoms with Gasteiger partial charge in [0.1, 0.15) is 0 Å². The van der Waals surface area contributed by atoms with Crippen molar-refractivity contribution < 1.29 is 9.47 Å². The van der Waals surface area contributed by atoms with Crippen LogP contribution in [-0.4, -0.2) is 82.5 Å². The highest BCUT2D eigenvalue weighted by Crippen LogP contribution is 2.23. The number of rotatable bonds is 8. The highest BCUT2D eigenvalue weighted by Gasteiger charge is 2.25. The largest absolute Gasteiger partial charge is 0.382 e. The van der Waals surface area contributed by atoms with Gasteiger partial charge in [0.2, 0.25) is 0 Å². The van der Waals surface area contributed by atoms with Crippen molar-refractivity contribution in [2.45, 2.75) is 19.4 Å². The summed E-state index contributed by atoms with van der Waals surface area (Å²) < 4.78 is 10.7. The molecule has 0 spiro atoms. The zero-order valence-corrected chi connectivity index (χ0v) is 16.9. The topological polar surface area (TPSA) is 49.3 Å². The van der Waals surface area contributed by atoms with Crippen molar-refractivity contribution in [3.05, 3.63) is 21.9 Å². The van der Waals surface area contributed by atoms with E-state index in [9.17, 15) is 0 Å². The smallest absolute Gasteiger partial charge is 0.193 e. The molecule has 0 aliphatic carbocycles. The van der Waals surface area contributed by atoms with Crippen molar-refractivity contribution in [1.82, 2.24) is 15.1 Å². The average Bonchev–Trinajstić information content (AvgIpc) is 3.31. The molecule has 3 heterocycles. The molecule has 6 nitrogen and oxygen atoms in total. The van der Waals surface area contributed by atoms with Gasteiger partial charge in [0.15, 0.2) is 5.96 Å². The van der Waals surface area contributed by atoms with Crippen LogP contribution in [0.25, 0.3) is 0 Å². The number of thiophene rings is 1. The van der Waals surface area contributed by atoms with Crippen LogP contribution >= 0.6 is 11.3 Å². The fourth-order valence-electron chi connectivity index (χ4n) is 3.71. The lowest BCUT2D eigenvalue weighted by Crippen LogP contribution is -2.44. The van der Waals surface area contributed by atoms with Crippen LogP contribution in [0.4, 0.5) is 0 Å². The van der Waals surface area contributed by atoms with Crippen LogP contribution < -0.4 is 5.32 Å². The summed E-state index contributed by atoms with van der Waals surface area (Å²) >= 11 is 1.90. The summed E-state index contributed by atoms with van der Waals surface area (Å²) in [7, 11) is 3.59. The minimum atomic E-state index is 0.588. The number of ether oxygens (including phenoxy) is 2. The van der Waals surface area contributed by atoms with Gasteiger partial charge in [-0.05, 0) is 29.9 Å². The molecule has 1 N–H and O–H groups in total. The molecular weight excluding hydrogens is 348 g/mol. The van der Waals surface area contributed by atoms with E-state index in [4.69, 9.17) is 9.47 Å². The quantitative estimate of drug-likeness (QED) is 0.422. The van der Waals surface area contributed by atoms with E-state index in [1.165, 1.54) is 24.9 Å². The van der Waals surface area contributed by atoms with Crippen molar-refractivity contribution in [3.8, 4) is 0 Å². The minimum Gasteiger partial charge on any atom is -0.382 e. The third kappa shape index (κ3) is 5.42. The first-order chi connectivity index (χ1) is 12.8. The Labute approximate surface area is 161 Å². The summed E-state index contributed by atoms with van der Waals surface area (Å²) in [6.07, 6.45) is 2.36. The lowest BCUT2D eigenvalue weighted by molar-refractivity contribution is 0.0536. The molecule has 1 unspecified atom stereocenters. The summed E-state index contributed by atoms with van der Waals surface area (Å²) in [6.45, 7) is 8.50. The molecule has 2 aliphatic rings. The zero-order valence-electron chi connectivity index (χ0n) is 16.1. The maximum absolute atomic E-state index is 5.68. The fraction of sp³-hybridized carbons (Fsp3) is 0.737. The van der Waals surface area contributed by atoms with Gasteiger partial charge >= 0.3 is 0 Å². The predicted octanol–water partition coefficient (Wildman–Crippen LogP) is 1.67. The Morgan fingerprint density at radius 1 is 1.38 bits per heavy atom. The van der Waals surface area contributed by atoms with Crippen LogP contribution in [0.1, 0.15) is 16.9 Å². The minimum absolute atomic E-state index is 0.588. The molecule has 1 aromatic heterocycles. The first kappa shape index (κ1) is 19.6. The molecule has 0 bridgehead atoms. The van der Waals surface area contributed by atoms with Gasteiger partial charge in [-0.25, -0.2) is 0 Å². The molecule has 1 saturated heterocycles. The molecule has 1 fully saturated rings. The van der Waals surface area contributed by atoms with Gasteiger partial charge in [0.25, 0.3) is 0 Å². The van der Waals surface area contributed by atoms with Gasteiger partial charge in [-0.3, -0.25) is 9.89 Å². The van der Waals surface area contributed by atoms with E-state index >= 15 is 0 Å². The molecule has 0 aromatic carbocycles. The standard InChI is InChI=1S/C19H32N4O2S/c1-20-19(23-8-3-16(13-23)15-25-11-10-24-2)21-6-9-22-7-4-18-17(14-22)5-12-26-18/h5,12,16H,3-4,6-11,13-15H2,1-2H3,(H,20,21). The molecule has 0 radical (unpaired) electrons. The maximum Gasteiger partial charge on any atom is 0.193 e. The normalized spacial score (nSPS) is 21.2. The summed E-state index contributed by atoms with van der Waals surface area (Å²) in [6, 6.07) is 2.28. The zero-order chi connectivity index (χ0) is 18.2. The van der Waals surface area contributed by atoms with Crippen molar-refractivity contribution >= 4 is 17.3 Å². The van der Waals surface area contributed by atoms with E-state index in [-0.39, 0.29) is 0 Å². The second kappa shape index (κ2) is 10.3. The molecule has 0 amide bonds. The summed E-state index contributed by atoms with van der Waals surface area (Å²) in [5.41, 5.74) is 1.52. The number of nitrogens with one attached hydrogen (secondary N) is 1. The Kier molecular flexibility index (Phi) is 7.73. The summed E-state index contributed by atoms with van der Waals surface area (Å²) in [5.74, 6) is 1.61. The number of likely N-dealkylation sites (tertiary alicyclic amines) is 1. The molecule has 1 aromatic rings. The van der Waals surface area contributed by atoms with Crippen LogP contribution in [-0.2, 0) is 22.4 Å². The van der Waals surface area contributed by atoms with Crippen molar-refractivity contribution in [2.24, 2.45) is 10.9 Å². The first-order valence-corrected chi connectivity index (χ1v) is 10.5. The molecule has 3 rings (SSSR count). The SMILES string of the molecule is CN=C(NCCN1CCc2sccc2C1)N1CCC(COCCOC)C1. The lowest BCUT2D eigenvalue weighted by Gasteiger charge is -2.28. The Hall–Kier alpha value is -1.15. The van der Waals surface area contributed by atoms with E-state index in [1.54, 1.807) is 12.0 Å². The Morgan fingerprint density at radius 2 is 2.31 bits per heavy atom. The van der Waals surface area contributed by atoms with Crippen LogP contribution in [0.2, 0.25) is 0 Å². The van der Waals surface area contributed by atoms with Crippen LogP contribution in [0.3, 0.4) is 0 Å². The third-order valence-corrected chi connectivity index (χ3v) is 6.20. The molecule has 1 atom stereocenters. The van der Waals surface area contributed by atoms with E-state index in [1.807, 2.05) is 18.4 Å². The number of aliphatic imine (C=N–C) groups is 1. The van der Waals surface area contributed by atoms with E-state index in [2.05, 4.69) is 31.6 Å². The second-order valence-corrected chi connectivity index (χ2v) is 8.04. The van der Waals surface area contributed by atoms with Gasteiger partial charge in [-0.2, -0.15) is 0 Å². The highest BCUT2D eigenvalue weighted by molar-refractivity contribution is 7.10. The molecular formula is C19H32N4O2S. The lowest BCUT2D eigenvalue weighted by atomic mass is 10.1. The highest BCUT2D eigenvalue weighted by atomic mass is 32.1. The van der Waals surface area contributed by atoms with E-state index in [0.29, 0.717) is 19.1 Å². The second-order valence-electron chi connectivity index (χ2n) is 7.04. The van der Waals surface area contributed by atoms with Gasteiger partial charge in [-0.1, -0.05) is 0 Å². The average molecular weight is 381 g/mol. The van der Waals surface area contributed by atoms with Crippen molar-refractivity contribution in [2.75, 3.05) is 66.7 Å². The van der Waals surface area contributed by atoms with E-state index < -0.39 is 0 Å². The van der Waals surface area contributed by atoms with Gasteiger partial charge in [0, 0.05) is 64.2 Å². The van der Waals surface area contributed by atoms with Crippen LogP contribution in [0, 0.1) is 5.92 Å². The van der Waals surface area contributed by atoms with Gasteiger partial charge in [0.05, 0.1) is 19.8 Å². The number of fused-ring (bicyclic) bond motifs is 1. The molecule has 2 aliphatic heterocycles. The number of guanidine groups is 1. The van der Waals surface area contributed by atoms with Gasteiger partial charge in [-0.15, -0.1) is 11.3 Å². The fourth-order valence-corrected chi connectivity index (χ4v) is 4.60. The maximum atomic E-state index is 5.68. The predicted molar refractivity (Wildman–Crippen MR) is 107 cm³/mol. The summed E-state index contributed by atoms with van der Waals surface area (Å²) in [4.78, 5) is 10.9. The number of methoxy groups -OCH3 is 1. The molecule has 0 saturated carbocycles. The summed E-state index contributed by atoms with van der Waals surface area (Å²) in [5, 5.41) is 5.77. The number of hydrogen-bond acceptors (Lipinski definition) is 5. The number of nitrogens with zero attached hydrogens (tertiary/aromatic N) is 3. The van der Waals surface area contributed by atoms with Crippen LogP contribution in [0.15, 0.2) is 16.4 Å².